The van der Waals surface area contributed by atoms with Gasteiger partial charge in [0.25, 0.3) is 0 Å². The first-order valence-electron chi connectivity index (χ1n) is 32.1. The maximum atomic E-state index is 12.9. The van der Waals surface area contributed by atoms with Crippen LogP contribution in [0.3, 0.4) is 0 Å². The van der Waals surface area contributed by atoms with Gasteiger partial charge in [-0.15, -0.1) is 0 Å². The minimum absolute atomic E-state index is 0.0167. The Morgan fingerprint density at radius 2 is 0.907 bits per heavy atom. The lowest BCUT2D eigenvalue weighted by Crippen LogP contribution is -2.65. The molecule has 3 heterocycles. The van der Waals surface area contributed by atoms with Gasteiger partial charge in [0.15, 0.2) is 25.0 Å². The van der Waals surface area contributed by atoms with Crippen LogP contribution in [0.15, 0.2) is 0 Å². The first kappa shape index (κ1) is 78.1. The standard InChI is InChI=1S/C59H110NO25P/c1-3-5-7-9-11-13-15-17-19-21-23-25-27-31-46(64)77-38-41(81-47(65)32-28-26-24-22-20-18-16-14-12-10-8-6-4-2)39-80-86(74,75)79-35-33-60-45(63)30-29-34-76-58-55(73)56(85-59-54(72)52(70)49(67)43(37-62)83-59)50(68)44(84-58)40-78-57-53(71)51(69)48(66)42(36-61)82-57/h41-44,48-59,61-62,66-73H,3-40H2,1-2H3,(H,60,63)(H,74,75)/t41?,42-,43-,44-,48-,49-,50-,51+,52+,53+,54+,55+,56+,57+,58+,59-/m1/s1. The van der Waals surface area contributed by atoms with Crippen LogP contribution in [0, 0.1) is 0 Å². The quantitative estimate of drug-likeness (QED) is 0.0233. The lowest BCUT2D eigenvalue weighted by Gasteiger charge is -2.46. The SMILES string of the molecule is CCCCCCCCCCCCCCCC(=O)OCC(COP(=O)(O)OCCNC(=O)CCCO[C@H]1O[C@H](CO[C@H]2O[C@H](CO)[C@@H](O)[C@H](O)[C@@H]2O)[C@@H](O)[C@H](O[C@H]2O[C@H](CO)[C@@H](O)[C@H](O)[C@@H]2O)[C@@H]1O)OC(=O)CCCCCCCCCCCCCCC. The van der Waals surface area contributed by atoms with Gasteiger partial charge in [-0.25, -0.2) is 4.57 Å². The summed E-state index contributed by atoms with van der Waals surface area (Å²) in [6.07, 6.45) is 2.79. The third kappa shape index (κ3) is 31.3. The fourth-order valence-electron chi connectivity index (χ4n) is 10.3. The predicted octanol–water partition coefficient (Wildman–Crippen LogP) is 3.90. The van der Waals surface area contributed by atoms with Crippen molar-refractivity contribution < 1.29 is 122 Å². The van der Waals surface area contributed by atoms with Crippen molar-refractivity contribution in [1.82, 2.24) is 5.32 Å². The molecule has 27 heteroatoms. The molecule has 3 saturated heterocycles. The van der Waals surface area contributed by atoms with Gasteiger partial charge < -0.3 is 99.2 Å². The number of ether oxygens (including phenoxy) is 8. The molecule has 1 amide bonds. The third-order valence-electron chi connectivity index (χ3n) is 15.7. The highest BCUT2D eigenvalue weighted by molar-refractivity contribution is 7.47. The van der Waals surface area contributed by atoms with E-state index in [-0.39, 0.29) is 38.8 Å². The van der Waals surface area contributed by atoms with Gasteiger partial charge >= 0.3 is 19.8 Å². The minimum Gasteiger partial charge on any atom is -0.462 e. The number of hydrogen-bond donors (Lipinski definition) is 12. The summed E-state index contributed by atoms with van der Waals surface area (Å²) in [6.45, 7) is 0.136. The number of rotatable bonds is 50. The van der Waals surface area contributed by atoms with E-state index in [1.54, 1.807) is 0 Å². The molecule has 3 aliphatic rings. The van der Waals surface area contributed by atoms with Crippen molar-refractivity contribution in [2.75, 3.05) is 52.8 Å². The Labute approximate surface area is 508 Å². The fraction of sp³-hybridized carbons (Fsp3) is 0.949. The number of hydrogen-bond acceptors (Lipinski definition) is 24. The molecule has 0 saturated carbocycles. The molecule has 0 aliphatic carbocycles. The molecule has 3 fully saturated rings. The molecule has 12 N–H and O–H groups in total. The van der Waals surface area contributed by atoms with E-state index in [0.717, 1.165) is 44.9 Å². The summed E-state index contributed by atoms with van der Waals surface area (Å²) in [7, 11) is -4.79. The van der Waals surface area contributed by atoms with Gasteiger partial charge in [0.05, 0.1) is 39.6 Å². The second-order valence-electron chi connectivity index (χ2n) is 23.1. The lowest BCUT2D eigenvalue weighted by molar-refractivity contribution is -0.366. The van der Waals surface area contributed by atoms with Crippen molar-refractivity contribution in [3.05, 3.63) is 0 Å². The molecule has 2 unspecified atom stereocenters. The number of carbonyl (C=O) groups is 3. The average Bonchev–Trinajstić information content (AvgIpc) is 3.68. The van der Waals surface area contributed by atoms with Crippen LogP contribution in [-0.2, 0) is 65.9 Å². The number of esters is 2. The van der Waals surface area contributed by atoms with Crippen LogP contribution in [0.1, 0.15) is 206 Å². The summed E-state index contributed by atoms with van der Waals surface area (Å²) in [4.78, 5) is 48.9. The average molecular weight is 1260 g/mol. The van der Waals surface area contributed by atoms with Crippen molar-refractivity contribution in [2.24, 2.45) is 0 Å². The van der Waals surface area contributed by atoms with Crippen molar-refractivity contribution in [2.45, 2.75) is 305 Å². The molecule has 0 bridgehead atoms. The first-order chi connectivity index (χ1) is 41.4. The van der Waals surface area contributed by atoms with Crippen molar-refractivity contribution in [3.8, 4) is 0 Å². The number of phosphoric acid groups is 1. The Bertz CT molecular complexity index is 1810. The zero-order valence-corrected chi connectivity index (χ0v) is 52.1. The summed E-state index contributed by atoms with van der Waals surface area (Å²) in [5.74, 6) is -1.61. The smallest absolute Gasteiger partial charge is 0.462 e. The van der Waals surface area contributed by atoms with Gasteiger partial charge in [-0.3, -0.25) is 23.4 Å². The van der Waals surface area contributed by atoms with Crippen LogP contribution < -0.4 is 5.32 Å². The number of unbranched alkanes of at least 4 members (excludes halogenated alkanes) is 24. The molecule has 17 atom stereocenters. The zero-order chi connectivity index (χ0) is 63.1. The van der Waals surface area contributed by atoms with Crippen LogP contribution >= 0.6 is 7.82 Å². The van der Waals surface area contributed by atoms with Crippen LogP contribution in [0.5, 0.6) is 0 Å². The number of carbonyl (C=O) groups excluding carboxylic acids is 3. The zero-order valence-electron chi connectivity index (χ0n) is 51.2. The van der Waals surface area contributed by atoms with Crippen molar-refractivity contribution in [3.63, 3.8) is 0 Å². The molecule has 0 radical (unpaired) electrons. The van der Waals surface area contributed by atoms with Gasteiger partial charge in [0, 0.05) is 25.8 Å². The van der Waals surface area contributed by atoms with Crippen LogP contribution in [0.25, 0.3) is 0 Å². The molecule has 506 valence electrons. The highest BCUT2D eigenvalue weighted by Gasteiger charge is 2.52. The maximum Gasteiger partial charge on any atom is 0.472 e. The first-order valence-corrected chi connectivity index (χ1v) is 33.6. The van der Waals surface area contributed by atoms with E-state index in [1.807, 2.05) is 0 Å². The minimum atomic E-state index is -4.79. The van der Waals surface area contributed by atoms with Gasteiger partial charge in [0.2, 0.25) is 5.91 Å². The largest absolute Gasteiger partial charge is 0.472 e. The molecular weight excluding hydrogens is 1150 g/mol. The molecule has 0 aromatic rings. The second-order valence-corrected chi connectivity index (χ2v) is 24.5. The fourth-order valence-corrected chi connectivity index (χ4v) is 11.1. The molecule has 3 rings (SSSR count). The molecule has 26 nitrogen and oxygen atoms in total. The normalized spacial score (nSPS) is 28.9. The highest BCUT2D eigenvalue weighted by atomic mass is 31.2. The molecule has 0 aromatic carbocycles. The monoisotopic (exact) mass is 1260 g/mol. The van der Waals surface area contributed by atoms with E-state index in [0.29, 0.717) is 12.8 Å². The highest BCUT2D eigenvalue weighted by Crippen LogP contribution is 2.43. The van der Waals surface area contributed by atoms with Gasteiger partial charge in [0.1, 0.15) is 79.9 Å². The number of aliphatic hydroxyl groups is 10. The number of nitrogens with one attached hydrogen (secondary N) is 1. The molecule has 86 heavy (non-hydrogen) atoms. The van der Waals surface area contributed by atoms with E-state index < -0.39 is 164 Å². The van der Waals surface area contributed by atoms with Crippen LogP contribution in [0.2, 0.25) is 0 Å². The lowest BCUT2D eigenvalue weighted by atomic mass is 9.96. The van der Waals surface area contributed by atoms with Crippen molar-refractivity contribution >= 4 is 25.7 Å². The summed E-state index contributed by atoms with van der Waals surface area (Å²) in [5, 5.41) is 106. The summed E-state index contributed by atoms with van der Waals surface area (Å²) in [5.41, 5.74) is 0. The Kier molecular flexibility index (Phi) is 41.8. The van der Waals surface area contributed by atoms with Gasteiger partial charge in [-0.2, -0.15) is 0 Å². The van der Waals surface area contributed by atoms with E-state index >= 15 is 0 Å². The summed E-state index contributed by atoms with van der Waals surface area (Å²) in [6, 6.07) is 0. The summed E-state index contributed by atoms with van der Waals surface area (Å²) >= 11 is 0. The Hall–Kier alpha value is -2.12. The van der Waals surface area contributed by atoms with E-state index in [2.05, 4.69) is 19.2 Å². The van der Waals surface area contributed by atoms with Crippen LogP contribution in [0.4, 0.5) is 0 Å². The second kappa shape index (κ2) is 46.0. The Morgan fingerprint density at radius 3 is 1.41 bits per heavy atom. The van der Waals surface area contributed by atoms with Crippen molar-refractivity contribution in [1.29, 1.82) is 0 Å². The molecular formula is C59H110NO25P. The summed E-state index contributed by atoms with van der Waals surface area (Å²) < 4.78 is 67.7. The van der Waals surface area contributed by atoms with E-state index in [1.165, 1.54) is 109 Å². The number of phosphoric ester groups is 1. The molecule has 0 spiro atoms. The predicted molar refractivity (Wildman–Crippen MR) is 310 cm³/mol. The third-order valence-corrected chi connectivity index (χ3v) is 16.7. The number of aliphatic hydroxyl groups excluding tert-OH is 10. The van der Waals surface area contributed by atoms with E-state index in [9.17, 15) is 74.9 Å². The maximum absolute atomic E-state index is 12.9. The Morgan fingerprint density at radius 1 is 0.465 bits per heavy atom. The van der Waals surface area contributed by atoms with Gasteiger partial charge in [-0.1, -0.05) is 168 Å². The van der Waals surface area contributed by atoms with E-state index in [4.69, 9.17) is 46.9 Å². The molecule has 3 aliphatic heterocycles. The topological polar surface area (TPSA) is 395 Å². The van der Waals surface area contributed by atoms with Crippen LogP contribution in [-0.4, -0.2) is 225 Å². The molecule has 0 aromatic heterocycles. The van der Waals surface area contributed by atoms with Gasteiger partial charge in [-0.05, 0) is 19.3 Å². The Balaban J connectivity index is 1.46. The number of amides is 1.